The molecule has 1 heterocycles. The summed E-state index contributed by atoms with van der Waals surface area (Å²) < 4.78 is 0. The second kappa shape index (κ2) is 3.35. The van der Waals surface area contributed by atoms with Gasteiger partial charge in [-0.1, -0.05) is 19.9 Å². The van der Waals surface area contributed by atoms with E-state index in [1.807, 2.05) is 18.3 Å². The van der Waals surface area contributed by atoms with Crippen LogP contribution in [0.15, 0.2) is 24.4 Å². The van der Waals surface area contributed by atoms with Gasteiger partial charge in [0.05, 0.1) is 0 Å². The first-order chi connectivity index (χ1) is 4.84. The Morgan fingerprint density at radius 1 is 1.50 bits per heavy atom. The van der Waals surface area contributed by atoms with Crippen molar-refractivity contribution in [3.8, 4) is 0 Å². The lowest BCUT2D eigenvalue weighted by molar-refractivity contribution is 0.708. The lowest BCUT2D eigenvalue weighted by atomic mass is 10.1. The van der Waals surface area contributed by atoms with Crippen LogP contribution in [-0.4, -0.2) is 4.98 Å². The zero-order valence-corrected chi connectivity index (χ0v) is 6.54. The van der Waals surface area contributed by atoms with Gasteiger partial charge < -0.3 is 0 Å². The van der Waals surface area contributed by atoms with E-state index < -0.39 is 0 Å². The molecule has 54 valence electrons. The van der Waals surface area contributed by atoms with Gasteiger partial charge in [-0.15, -0.1) is 0 Å². The van der Waals surface area contributed by atoms with E-state index in [1.54, 1.807) is 0 Å². The molecule has 0 aliphatic heterocycles. The van der Waals surface area contributed by atoms with Gasteiger partial charge in [-0.05, 0) is 24.5 Å². The summed E-state index contributed by atoms with van der Waals surface area (Å²) in [5, 5.41) is 0. The Balaban J connectivity index is 2.75. The zero-order valence-electron chi connectivity index (χ0n) is 6.54. The number of rotatable bonds is 2. The summed E-state index contributed by atoms with van der Waals surface area (Å²) in [5.41, 5.74) is 1.20. The lowest BCUT2D eigenvalue weighted by Crippen LogP contribution is -1.93. The van der Waals surface area contributed by atoms with Gasteiger partial charge in [0.1, 0.15) is 0 Å². The van der Waals surface area contributed by atoms with Crippen LogP contribution in [-0.2, 0) is 0 Å². The molecule has 10 heavy (non-hydrogen) atoms. The molecular formula is C9H13N. The molecule has 1 aromatic rings. The van der Waals surface area contributed by atoms with Crippen molar-refractivity contribution in [2.75, 3.05) is 0 Å². The van der Waals surface area contributed by atoms with Crippen molar-refractivity contribution < 1.29 is 0 Å². The summed E-state index contributed by atoms with van der Waals surface area (Å²) in [5.74, 6) is 0.598. The molecule has 1 atom stereocenters. The van der Waals surface area contributed by atoms with Gasteiger partial charge in [0.25, 0.3) is 0 Å². The Morgan fingerprint density at radius 2 is 2.30 bits per heavy atom. The van der Waals surface area contributed by atoms with Crippen molar-refractivity contribution in [3.05, 3.63) is 30.1 Å². The fourth-order valence-electron chi connectivity index (χ4n) is 0.877. The van der Waals surface area contributed by atoms with Crippen LogP contribution >= 0.6 is 0 Å². The SMILES string of the molecule is CC[C@@H](C)c1ccccn1. The van der Waals surface area contributed by atoms with Crippen LogP contribution in [0, 0.1) is 0 Å². The maximum absolute atomic E-state index is 4.25. The Bertz CT molecular complexity index is 181. The molecule has 0 saturated heterocycles. The summed E-state index contributed by atoms with van der Waals surface area (Å²) in [6.45, 7) is 4.38. The Hall–Kier alpha value is -0.850. The molecular weight excluding hydrogens is 122 g/mol. The van der Waals surface area contributed by atoms with Gasteiger partial charge in [-0.25, -0.2) is 0 Å². The highest BCUT2D eigenvalue weighted by molar-refractivity contribution is 5.07. The monoisotopic (exact) mass is 135 g/mol. The molecule has 0 radical (unpaired) electrons. The van der Waals surface area contributed by atoms with Crippen LogP contribution in [0.5, 0.6) is 0 Å². The van der Waals surface area contributed by atoms with Crippen LogP contribution in [0.4, 0.5) is 0 Å². The third kappa shape index (κ3) is 1.56. The molecule has 1 heteroatoms. The number of aromatic nitrogens is 1. The van der Waals surface area contributed by atoms with Crippen molar-refractivity contribution in [1.82, 2.24) is 4.98 Å². The van der Waals surface area contributed by atoms with Gasteiger partial charge in [0.15, 0.2) is 0 Å². The molecule has 0 saturated carbocycles. The van der Waals surface area contributed by atoms with Gasteiger partial charge in [0.2, 0.25) is 0 Å². The number of pyridine rings is 1. The minimum atomic E-state index is 0.598. The van der Waals surface area contributed by atoms with Crippen molar-refractivity contribution in [2.24, 2.45) is 0 Å². The molecule has 1 rings (SSSR count). The molecule has 0 amide bonds. The quantitative estimate of drug-likeness (QED) is 0.607. The van der Waals surface area contributed by atoms with Crippen molar-refractivity contribution >= 4 is 0 Å². The van der Waals surface area contributed by atoms with Gasteiger partial charge in [-0.2, -0.15) is 0 Å². The Kier molecular flexibility index (Phi) is 2.43. The average molecular weight is 135 g/mol. The average Bonchev–Trinajstić information content (AvgIpc) is 2.05. The molecule has 1 aromatic heterocycles. The second-order valence-electron chi connectivity index (χ2n) is 2.56. The third-order valence-electron chi connectivity index (χ3n) is 1.81. The smallest absolute Gasteiger partial charge is 0.0431 e. The van der Waals surface area contributed by atoms with Crippen molar-refractivity contribution in [3.63, 3.8) is 0 Å². The fraction of sp³-hybridized carbons (Fsp3) is 0.444. The minimum Gasteiger partial charge on any atom is -0.261 e. The van der Waals surface area contributed by atoms with Gasteiger partial charge >= 0.3 is 0 Å². The molecule has 0 bridgehead atoms. The Labute approximate surface area is 62.1 Å². The first-order valence-electron chi connectivity index (χ1n) is 3.75. The third-order valence-corrected chi connectivity index (χ3v) is 1.81. The largest absolute Gasteiger partial charge is 0.261 e. The maximum atomic E-state index is 4.25. The van der Waals surface area contributed by atoms with Gasteiger partial charge in [-0.3, -0.25) is 4.98 Å². The molecule has 0 aliphatic rings. The van der Waals surface area contributed by atoms with Crippen LogP contribution in [0.3, 0.4) is 0 Å². The van der Waals surface area contributed by atoms with Gasteiger partial charge in [0, 0.05) is 11.9 Å². The zero-order chi connectivity index (χ0) is 7.40. The minimum absolute atomic E-state index is 0.598. The van der Waals surface area contributed by atoms with E-state index in [1.165, 1.54) is 5.69 Å². The van der Waals surface area contributed by atoms with E-state index in [0.717, 1.165) is 6.42 Å². The topological polar surface area (TPSA) is 12.9 Å². The van der Waals surface area contributed by atoms with Crippen LogP contribution in [0.25, 0.3) is 0 Å². The fourth-order valence-corrected chi connectivity index (χ4v) is 0.877. The van der Waals surface area contributed by atoms with Crippen molar-refractivity contribution in [2.45, 2.75) is 26.2 Å². The first kappa shape index (κ1) is 7.26. The Morgan fingerprint density at radius 3 is 2.80 bits per heavy atom. The second-order valence-corrected chi connectivity index (χ2v) is 2.56. The van der Waals surface area contributed by atoms with E-state index in [0.29, 0.717) is 5.92 Å². The molecule has 1 nitrogen and oxygen atoms in total. The van der Waals surface area contributed by atoms with E-state index in [-0.39, 0.29) is 0 Å². The highest BCUT2D eigenvalue weighted by Crippen LogP contribution is 2.14. The first-order valence-corrected chi connectivity index (χ1v) is 3.75. The predicted octanol–water partition coefficient (Wildman–Crippen LogP) is 2.60. The molecule has 0 unspecified atom stereocenters. The standard InChI is InChI=1S/C9H13N/c1-3-8(2)9-6-4-5-7-10-9/h4-8H,3H2,1-2H3/t8-/m1/s1. The lowest BCUT2D eigenvalue weighted by Gasteiger charge is -2.05. The van der Waals surface area contributed by atoms with E-state index in [2.05, 4.69) is 24.9 Å². The highest BCUT2D eigenvalue weighted by Gasteiger charge is 2.00. The molecule has 0 spiro atoms. The van der Waals surface area contributed by atoms with E-state index in [4.69, 9.17) is 0 Å². The highest BCUT2D eigenvalue weighted by atomic mass is 14.7. The summed E-state index contributed by atoms with van der Waals surface area (Å²) in [6, 6.07) is 6.06. The normalized spacial score (nSPS) is 13.0. The number of hydrogen-bond donors (Lipinski definition) is 0. The number of hydrogen-bond acceptors (Lipinski definition) is 1. The maximum Gasteiger partial charge on any atom is 0.0431 e. The molecule has 0 aliphatic carbocycles. The molecule has 0 fully saturated rings. The summed E-state index contributed by atoms with van der Waals surface area (Å²) >= 11 is 0. The van der Waals surface area contributed by atoms with E-state index >= 15 is 0 Å². The summed E-state index contributed by atoms with van der Waals surface area (Å²) in [7, 11) is 0. The van der Waals surface area contributed by atoms with E-state index in [9.17, 15) is 0 Å². The van der Waals surface area contributed by atoms with Crippen LogP contribution in [0.2, 0.25) is 0 Å². The number of nitrogens with zero attached hydrogens (tertiary/aromatic N) is 1. The predicted molar refractivity (Wildman–Crippen MR) is 42.9 cm³/mol. The summed E-state index contributed by atoms with van der Waals surface area (Å²) in [4.78, 5) is 4.25. The summed E-state index contributed by atoms with van der Waals surface area (Å²) in [6.07, 6.45) is 3.01. The molecule has 0 aromatic carbocycles. The van der Waals surface area contributed by atoms with Crippen LogP contribution in [0.1, 0.15) is 31.9 Å². The van der Waals surface area contributed by atoms with Crippen molar-refractivity contribution in [1.29, 1.82) is 0 Å². The molecule has 0 N–H and O–H groups in total. The van der Waals surface area contributed by atoms with Crippen LogP contribution < -0.4 is 0 Å².